The largest absolute Gasteiger partial charge is 0.364 e. The van der Waals surface area contributed by atoms with Gasteiger partial charge in [0.15, 0.2) is 0 Å². The molecule has 2 atom stereocenters. The fourth-order valence-electron chi connectivity index (χ4n) is 3.73. The Kier molecular flexibility index (Phi) is 5.19. The Morgan fingerprint density at radius 1 is 1.21 bits per heavy atom. The zero-order valence-electron chi connectivity index (χ0n) is 14.5. The molecule has 0 aromatic heterocycles. The summed E-state index contributed by atoms with van der Waals surface area (Å²) in [5, 5.41) is 0. The van der Waals surface area contributed by atoms with E-state index in [4.69, 9.17) is 4.74 Å². The number of carbonyl (C=O) groups is 2. The predicted molar refractivity (Wildman–Crippen MR) is 91.2 cm³/mol. The van der Waals surface area contributed by atoms with Crippen LogP contribution in [0.1, 0.15) is 32.3 Å². The summed E-state index contributed by atoms with van der Waals surface area (Å²) in [6.07, 6.45) is 1.65. The molecule has 0 bridgehead atoms. The van der Waals surface area contributed by atoms with Crippen LogP contribution in [0.3, 0.4) is 0 Å². The molecule has 2 saturated heterocycles. The average Bonchev–Trinajstić information content (AvgIpc) is 3.04. The Morgan fingerprint density at radius 2 is 1.92 bits per heavy atom. The van der Waals surface area contributed by atoms with Gasteiger partial charge in [-0.2, -0.15) is 0 Å². The maximum atomic E-state index is 12.7. The lowest BCUT2D eigenvalue weighted by atomic mass is 10.0. The van der Waals surface area contributed by atoms with E-state index in [-0.39, 0.29) is 36.5 Å². The third-order valence-electron chi connectivity index (χ3n) is 5.22. The number of hydrogen-bond donors (Lipinski definition) is 0. The molecule has 0 N–H and O–H groups in total. The van der Waals surface area contributed by atoms with Crippen molar-refractivity contribution in [2.24, 2.45) is 5.92 Å². The van der Waals surface area contributed by atoms with Crippen molar-refractivity contribution in [3.8, 4) is 0 Å². The van der Waals surface area contributed by atoms with Crippen LogP contribution in [-0.2, 0) is 20.9 Å². The van der Waals surface area contributed by atoms with Crippen molar-refractivity contribution in [2.45, 2.75) is 45.4 Å². The third-order valence-corrected chi connectivity index (χ3v) is 5.22. The molecule has 2 aliphatic heterocycles. The van der Waals surface area contributed by atoms with Crippen molar-refractivity contribution in [3.05, 3.63) is 35.9 Å². The first-order chi connectivity index (χ1) is 11.6. The quantitative estimate of drug-likeness (QED) is 0.830. The van der Waals surface area contributed by atoms with Gasteiger partial charge in [0, 0.05) is 25.6 Å². The van der Waals surface area contributed by atoms with E-state index in [1.807, 2.05) is 40.1 Å². The second-order valence-electron chi connectivity index (χ2n) is 6.68. The highest BCUT2D eigenvalue weighted by Crippen LogP contribution is 2.27. The zero-order valence-corrected chi connectivity index (χ0v) is 14.5. The molecule has 2 amide bonds. The highest BCUT2D eigenvalue weighted by atomic mass is 16.5. The van der Waals surface area contributed by atoms with Crippen LogP contribution in [0.25, 0.3) is 0 Å². The lowest BCUT2D eigenvalue weighted by molar-refractivity contribution is -0.153. The standard InChI is InChI=1S/C19H26N2O3/c1-3-15(4-2)19(23)20-11-16-17(12-20)24-13-18(22)21(16)10-14-8-6-5-7-9-14/h5-9,15-17H,3-4,10-13H2,1-2H3/t16-,17+/m1/s1. The summed E-state index contributed by atoms with van der Waals surface area (Å²) in [5.41, 5.74) is 1.11. The van der Waals surface area contributed by atoms with E-state index in [2.05, 4.69) is 13.8 Å². The zero-order chi connectivity index (χ0) is 17.1. The van der Waals surface area contributed by atoms with Gasteiger partial charge in [-0.15, -0.1) is 0 Å². The first-order valence-corrected chi connectivity index (χ1v) is 8.87. The Bertz CT molecular complexity index is 586. The van der Waals surface area contributed by atoms with E-state index >= 15 is 0 Å². The van der Waals surface area contributed by atoms with E-state index in [0.29, 0.717) is 19.6 Å². The van der Waals surface area contributed by atoms with Crippen LogP contribution in [0.5, 0.6) is 0 Å². The summed E-state index contributed by atoms with van der Waals surface area (Å²) in [5.74, 6) is 0.283. The molecule has 5 nitrogen and oxygen atoms in total. The van der Waals surface area contributed by atoms with Crippen LogP contribution in [0, 0.1) is 5.92 Å². The second kappa shape index (κ2) is 7.34. The third kappa shape index (κ3) is 3.31. The van der Waals surface area contributed by atoms with Gasteiger partial charge in [-0.3, -0.25) is 9.59 Å². The summed E-state index contributed by atoms with van der Waals surface area (Å²) in [4.78, 5) is 28.8. The molecule has 2 aliphatic rings. The molecule has 1 aromatic rings. The first-order valence-electron chi connectivity index (χ1n) is 8.87. The number of hydrogen-bond acceptors (Lipinski definition) is 3. The number of morpholine rings is 1. The highest BCUT2D eigenvalue weighted by molar-refractivity contribution is 5.81. The van der Waals surface area contributed by atoms with E-state index in [0.717, 1.165) is 18.4 Å². The van der Waals surface area contributed by atoms with Gasteiger partial charge in [0.1, 0.15) is 6.61 Å². The molecular weight excluding hydrogens is 304 g/mol. The Balaban J connectivity index is 1.73. The molecule has 0 aliphatic carbocycles. The van der Waals surface area contributed by atoms with Crippen LogP contribution < -0.4 is 0 Å². The number of carbonyl (C=O) groups excluding carboxylic acids is 2. The van der Waals surface area contributed by atoms with Gasteiger partial charge in [-0.05, 0) is 18.4 Å². The van der Waals surface area contributed by atoms with Gasteiger partial charge in [-0.25, -0.2) is 0 Å². The number of nitrogens with zero attached hydrogens (tertiary/aromatic N) is 2. The number of ether oxygens (including phenoxy) is 1. The maximum Gasteiger partial charge on any atom is 0.249 e. The number of fused-ring (bicyclic) bond motifs is 1. The number of rotatable bonds is 5. The Morgan fingerprint density at radius 3 is 2.58 bits per heavy atom. The molecule has 2 fully saturated rings. The molecule has 24 heavy (non-hydrogen) atoms. The smallest absolute Gasteiger partial charge is 0.249 e. The van der Waals surface area contributed by atoms with Crippen LogP contribution in [0.15, 0.2) is 30.3 Å². The molecule has 3 rings (SSSR count). The molecule has 5 heteroatoms. The van der Waals surface area contributed by atoms with E-state index in [1.54, 1.807) is 0 Å². The van der Waals surface area contributed by atoms with Gasteiger partial charge in [0.2, 0.25) is 11.8 Å². The average molecular weight is 330 g/mol. The van der Waals surface area contributed by atoms with Crippen LogP contribution in [0.2, 0.25) is 0 Å². The first kappa shape index (κ1) is 17.0. The van der Waals surface area contributed by atoms with Crippen molar-refractivity contribution in [2.75, 3.05) is 19.7 Å². The van der Waals surface area contributed by atoms with Crippen molar-refractivity contribution >= 4 is 11.8 Å². The normalized spacial score (nSPS) is 23.7. The minimum Gasteiger partial charge on any atom is -0.364 e. The second-order valence-corrected chi connectivity index (χ2v) is 6.68. The lowest BCUT2D eigenvalue weighted by Gasteiger charge is -2.36. The topological polar surface area (TPSA) is 49.9 Å². The van der Waals surface area contributed by atoms with Crippen molar-refractivity contribution in [1.82, 2.24) is 9.80 Å². The number of benzene rings is 1. The van der Waals surface area contributed by atoms with Crippen LogP contribution in [0.4, 0.5) is 0 Å². The van der Waals surface area contributed by atoms with Gasteiger partial charge in [0.25, 0.3) is 0 Å². The molecule has 0 unspecified atom stereocenters. The predicted octanol–water partition coefficient (Wildman–Crippen LogP) is 2.06. The van der Waals surface area contributed by atoms with E-state index in [9.17, 15) is 9.59 Å². The highest BCUT2D eigenvalue weighted by Gasteiger charge is 2.45. The maximum absolute atomic E-state index is 12.7. The molecule has 1 aromatic carbocycles. The van der Waals surface area contributed by atoms with Crippen molar-refractivity contribution < 1.29 is 14.3 Å². The Labute approximate surface area is 143 Å². The minimum atomic E-state index is -0.0651. The SMILES string of the molecule is CCC(CC)C(=O)N1C[C@@H]2OCC(=O)N(Cc3ccccc3)[C@@H]2C1. The summed E-state index contributed by atoms with van der Waals surface area (Å²) in [7, 11) is 0. The van der Waals surface area contributed by atoms with Gasteiger partial charge in [0.05, 0.1) is 12.1 Å². The van der Waals surface area contributed by atoms with Crippen LogP contribution >= 0.6 is 0 Å². The summed E-state index contributed by atoms with van der Waals surface area (Å²) >= 11 is 0. The molecule has 2 heterocycles. The van der Waals surface area contributed by atoms with Crippen molar-refractivity contribution in [3.63, 3.8) is 0 Å². The molecular formula is C19H26N2O3. The van der Waals surface area contributed by atoms with Crippen molar-refractivity contribution in [1.29, 1.82) is 0 Å². The summed E-state index contributed by atoms with van der Waals surface area (Å²) < 4.78 is 5.72. The lowest BCUT2D eigenvalue weighted by Crippen LogP contribution is -2.53. The summed E-state index contributed by atoms with van der Waals surface area (Å²) in [6, 6.07) is 9.95. The number of amides is 2. The number of likely N-dealkylation sites (tertiary alicyclic amines) is 1. The van der Waals surface area contributed by atoms with Gasteiger partial charge < -0.3 is 14.5 Å². The molecule has 0 radical (unpaired) electrons. The van der Waals surface area contributed by atoms with Crippen LogP contribution in [-0.4, -0.2) is 53.5 Å². The van der Waals surface area contributed by atoms with Gasteiger partial charge >= 0.3 is 0 Å². The monoisotopic (exact) mass is 330 g/mol. The fraction of sp³-hybridized carbons (Fsp3) is 0.579. The molecule has 0 spiro atoms. The Hall–Kier alpha value is -1.88. The molecule has 130 valence electrons. The van der Waals surface area contributed by atoms with Gasteiger partial charge in [-0.1, -0.05) is 44.2 Å². The molecule has 0 saturated carbocycles. The summed E-state index contributed by atoms with van der Waals surface area (Å²) in [6.45, 7) is 5.98. The van der Waals surface area contributed by atoms with E-state index < -0.39 is 0 Å². The fourth-order valence-corrected chi connectivity index (χ4v) is 3.73. The van der Waals surface area contributed by atoms with E-state index in [1.165, 1.54) is 0 Å². The minimum absolute atomic E-state index is 0.0111.